The predicted octanol–water partition coefficient (Wildman–Crippen LogP) is 0.393. The van der Waals surface area contributed by atoms with Gasteiger partial charge in [-0.3, -0.25) is 4.84 Å². The summed E-state index contributed by atoms with van der Waals surface area (Å²) in [6, 6.07) is 0. The fraction of sp³-hybridized carbons (Fsp3) is 0.875. The molecule has 0 spiro atoms. The van der Waals surface area contributed by atoms with Gasteiger partial charge in [-0.25, -0.2) is 9.52 Å². The molecule has 1 aliphatic rings. The summed E-state index contributed by atoms with van der Waals surface area (Å²) in [6.07, 6.45) is 0.143. The van der Waals surface area contributed by atoms with E-state index >= 15 is 0 Å². The molecule has 0 atom stereocenters. The van der Waals surface area contributed by atoms with E-state index in [0.29, 0.717) is 13.0 Å². The molecule has 16 heavy (non-hydrogen) atoms. The van der Waals surface area contributed by atoms with Gasteiger partial charge in [0, 0.05) is 6.54 Å². The van der Waals surface area contributed by atoms with Crippen LogP contribution in [-0.2, 0) is 19.8 Å². The smallest absolute Gasteiger partial charge is 0.422 e. The number of hydrogen-bond acceptors (Lipinski definition) is 5. The Labute approximate surface area is 94.8 Å². The number of amides is 1. The lowest BCUT2D eigenvalue weighted by atomic mass is 10.3. The van der Waals surface area contributed by atoms with Gasteiger partial charge < -0.3 is 4.74 Å². The Morgan fingerprint density at radius 2 is 2.12 bits per heavy atom. The maximum absolute atomic E-state index is 11.6. The van der Waals surface area contributed by atoms with E-state index < -0.39 is 16.3 Å². The van der Waals surface area contributed by atoms with Gasteiger partial charge >= 0.3 is 16.3 Å². The molecule has 1 saturated heterocycles. The van der Waals surface area contributed by atoms with Crippen molar-refractivity contribution in [2.45, 2.75) is 32.8 Å². The van der Waals surface area contributed by atoms with Crippen LogP contribution in [0.5, 0.6) is 0 Å². The minimum atomic E-state index is -3.94. The molecule has 1 heterocycles. The molecule has 1 fully saturated rings. The van der Waals surface area contributed by atoms with Crippen LogP contribution in [0.25, 0.3) is 0 Å². The highest BCUT2D eigenvalue weighted by atomic mass is 32.2. The van der Waals surface area contributed by atoms with Crippen LogP contribution in [-0.4, -0.2) is 38.2 Å². The molecule has 0 unspecified atom stereocenters. The number of ether oxygens (including phenoxy) is 1. The fourth-order valence-electron chi connectivity index (χ4n) is 1.16. The summed E-state index contributed by atoms with van der Waals surface area (Å²) in [5, 5.41) is 0. The first kappa shape index (κ1) is 13.2. The van der Waals surface area contributed by atoms with E-state index in [-0.39, 0.29) is 12.6 Å². The van der Waals surface area contributed by atoms with Crippen molar-refractivity contribution in [3.05, 3.63) is 0 Å². The summed E-state index contributed by atoms with van der Waals surface area (Å²) in [7, 11) is -3.94. The molecule has 1 amide bonds. The number of carbonyl (C=O) groups is 1. The third-order valence-electron chi connectivity index (χ3n) is 1.79. The number of hydrogen-bond donors (Lipinski definition) is 1. The molecule has 0 aliphatic carbocycles. The highest BCUT2D eigenvalue weighted by Crippen LogP contribution is 2.09. The van der Waals surface area contributed by atoms with Gasteiger partial charge in [-0.1, -0.05) is 4.47 Å². The van der Waals surface area contributed by atoms with Gasteiger partial charge in [-0.15, -0.1) is 0 Å². The van der Waals surface area contributed by atoms with Crippen molar-refractivity contribution in [3.8, 4) is 0 Å². The lowest BCUT2D eigenvalue weighted by Crippen LogP contribution is -2.46. The van der Waals surface area contributed by atoms with Crippen molar-refractivity contribution >= 4 is 16.3 Å². The molecule has 1 rings (SSSR count). The van der Waals surface area contributed by atoms with Gasteiger partial charge in [0.2, 0.25) is 0 Å². The van der Waals surface area contributed by atoms with E-state index in [1.165, 1.54) is 0 Å². The summed E-state index contributed by atoms with van der Waals surface area (Å²) in [5.74, 6) is 0. The maximum atomic E-state index is 11.6. The Hall–Kier alpha value is -0.860. The number of rotatable bonds is 3. The Morgan fingerprint density at radius 1 is 1.44 bits per heavy atom. The lowest BCUT2D eigenvalue weighted by molar-refractivity contribution is -0.109. The van der Waals surface area contributed by atoms with Crippen LogP contribution >= 0.6 is 0 Å². The van der Waals surface area contributed by atoms with Gasteiger partial charge in [0.05, 0.1) is 12.7 Å². The van der Waals surface area contributed by atoms with Crippen molar-refractivity contribution < 1.29 is 22.8 Å². The summed E-state index contributed by atoms with van der Waals surface area (Å²) >= 11 is 0. The van der Waals surface area contributed by atoms with Gasteiger partial charge in [-0.2, -0.15) is 8.42 Å². The zero-order chi connectivity index (χ0) is 12.2. The first-order chi connectivity index (χ1) is 7.42. The zero-order valence-electron chi connectivity index (χ0n) is 9.30. The minimum Gasteiger partial charge on any atom is -0.446 e. The zero-order valence-corrected chi connectivity index (χ0v) is 10.1. The highest BCUT2D eigenvalue weighted by Gasteiger charge is 2.27. The average molecular weight is 252 g/mol. The third kappa shape index (κ3) is 3.95. The number of nitrogens with zero attached hydrogens (tertiary/aromatic N) is 1. The molecule has 0 aromatic heterocycles. The lowest BCUT2D eigenvalue weighted by Gasteiger charge is -2.24. The second kappa shape index (κ2) is 5.46. The van der Waals surface area contributed by atoms with Gasteiger partial charge in [0.1, 0.15) is 0 Å². The van der Waals surface area contributed by atoms with Crippen LogP contribution in [0.15, 0.2) is 0 Å². The SMILES string of the molecule is CC(C)OC(=O)NS(=O)(=O)N1CCCCO1. The van der Waals surface area contributed by atoms with E-state index in [1.807, 2.05) is 0 Å². The van der Waals surface area contributed by atoms with Gasteiger partial charge in [0.15, 0.2) is 0 Å². The maximum Gasteiger partial charge on any atom is 0.422 e. The van der Waals surface area contributed by atoms with Crippen molar-refractivity contribution in [2.75, 3.05) is 13.2 Å². The van der Waals surface area contributed by atoms with Crippen LogP contribution in [0.1, 0.15) is 26.7 Å². The van der Waals surface area contributed by atoms with Crippen molar-refractivity contribution in [2.24, 2.45) is 0 Å². The molecule has 0 aromatic carbocycles. The topological polar surface area (TPSA) is 84.9 Å². The van der Waals surface area contributed by atoms with Crippen molar-refractivity contribution in [3.63, 3.8) is 0 Å². The standard InChI is InChI=1S/C8H16N2O5S/c1-7(2)15-8(11)9-16(12,13)10-5-3-4-6-14-10/h7H,3-6H2,1-2H3,(H,9,11). The number of carbonyl (C=O) groups excluding carboxylic acids is 1. The van der Waals surface area contributed by atoms with Gasteiger partial charge in [0.25, 0.3) is 0 Å². The quantitative estimate of drug-likeness (QED) is 0.785. The Morgan fingerprint density at radius 3 is 2.62 bits per heavy atom. The minimum absolute atomic E-state index is 0.240. The van der Waals surface area contributed by atoms with Crippen molar-refractivity contribution in [1.82, 2.24) is 9.19 Å². The summed E-state index contributed by atoms with van der Waals surface area (Å²) in [4.78, 5) is 16.0. The summed E-state index contributed by atoms with van der Waals surface area (Å²) in [5.41, 5.74) is 0. The van der Waals surface area contributed by atoms with Crippen LogP contribution in [0.3, 0.4) is 0 Å². The monoisotopic (exact) mass is 252 g/mol. The molecular formula is C8H16N2O5S. The summed E-state index contributed by atoms with van der Waals surface area (Å²) < 4.78 is 30.3. The van der Waals surface area contributed by atoms with E-state index in [2.05, 4.69) is 4.74 Å². The third-order valence-corrected chi connectivity index (χ3v) is 3.04. The first-order valence-electron chi connectivity index (χ1n) is 5.06. The first-order valence-corrected chi connectivity index (χ1v) is 6.50. The van der Waals surface area contributed by atoms with E-state index in [0.717, 1.165) is 10.9 Å². The molecule has 0 saturated carbocycles. The molecule has 7 nitrogen and oxygen atoms in total. The molecule has 0 bridgehead atoms. The largest absolute Gasteiger partial charge is 0.446 e. The second-order valence-corrected chi connectivity index (χ2v) is 5.19. The Kier molecular flexibility index (Phi) is 4.51. The van der Waals surface area contributed by atoms with Crippen LogP contribution in [0.4, 0.5) is 4.79 Å². The van der Waals surface area contributed by atoms with Gasteiger partial charge in [-0.05, 0) is 26.7 Å². The normalized spacial score (nSPS) is 18.4. The molecule has 94 valence electrons. The second-order valence-electron chi connectivity index (χ2n) is 3.63. The van der Waals surface area contributed by atoms with E-state index in [4.69, 9.17) is 4.84 Å². The number of hydroxylamine groups is 1. The molecule has 8 heteroatoms. The predicted molar refractivity (Wildman–Crippen MR) is 55.6 cm³/mol. The Bertz CT molecular complexity index is 334. The molecular weight excluding hydrogens is 236 g/mol. The highest BCUT2D eigenvalue weighted by molar-refractivity contribution is 7.87. The van der Waals surface area contributed by atoms with Crippen LogP contribution in [0, 0.1) is 0 Å². The Balaban J connectivity index is 2.53. The van der Waals surface area contributed by atoms with Crippen LogP contribution in [0.2, 0.25) is 0 Å². The molecule has 1 aliphatic heterocycles. The molecule has 0 aromatic rings. The molecule has 1 N–H and O–H groups in total. The van der Waals surface area contributed by atoms with Crippen LogP contribution < -0.4 is 4.72 Å². The van der Waals surface area contributed by atoms with E-state index in [1.54, 1.807) is 18.6 Å². The summed E-state index contributed by atoms with van der Waals surface area (Å²) in [6.45, 7) is 3.83. The number of nitrogens with one attached hydrogen (secondary N) is 1. The van der Waals surface area contributed by atoms with Crippen molar-refractivity contribution in [1.29, 1.82) is 0 Å². The van der Waals surface area contributed by atoms with E-state index in [9.17, 15) is 13.2 Å². The average Bonchev–Trinajstić information content (AvgIpc) is 2.16. The molecule has 0 radical (unpaired) electrons. The fourth-order valence-corrected chi connectivity index (χ4v) is 2.10.